The average molecular weight is 441 g/mol. The number of benzene rings is 2. The van der Waals surface area contributed by atoms with Crippen molar-refractivity contribution in [3.05, 3.63) is 71.3 Å². The van der Waals surface area contributed by atoms with Crippen molar-refractivity contribution < 1.29 is 18.7 Å². The third-order valence-electron chi connectivity index (χ3n) is 7.65. The Hall–Kier alpha value is -2.31. The lowest BCUT2D eigenvalue weighted by Gasteiger charge is -2.38. The van der Waals surface area contributed by atoms with Crippen LogP contribution in [0.5, 0.6) is 0 Å². The number of aliphatic hydroxyl groups is 1. The number of carbonyl (C=O) groups is 1. The molecule has 3 atom stereocenters. The summed E-state index contributed by atoms with van der Waals surface area (Å²) < 4.78 is 26.9. The summed E-state index contributed by atoms with van der Waals surface area (Å²) in [4.78, 5) is 15.6. The second kappa shape index (κ2) is 8.56. The van der Waals surface area contributed by atoms with E-state index in [1.807, 2.05) is 30.3 Å². The van der Waals surface area contributed by atoms with E-state index in [-0.39, 0.29) is 17.9 Å². The highest BCUT2D eigenvalue weighted by Gasteiger charge is 2.58. The minimum atomic E-state index is -1.50. The van der Waals surface area contributed by atoms with E-state index < -0.39 is 17.2 Å². The zero-order valence-corrected chi connectivity index (χ0v) is 18.1. The highest BCUT2D eigenvalue weighted by Crippen LogP contribution is 2.47. The standard InChI is InChI=1S/C26H30F2N2O2/c27-20-11-17(12-21(28)13-20)14-30-15-22-23(16-30)24(22)29-25(31)26(32,18-7-3-1-4-8-18)19-9-5-2-6-10-19/h1,3-4,7-8,11-13,19,22-24,32H,2,5-6,9-10,14-16H2,(H,29,31). The molecule has 0 aromatic heterocycles. The van der Waals surface area contributed by atoms with Crippen LogP contribution < -0.4 is 5.32 Å². The summed E-state index contributed by atoms with van der Waals surface area (Å²) in [5.74, 6) is -0.826. The SMILES string of the molecule is O=C(NC1C2CN(Cc3cc(F)cc(F)c3)CC21)C(O)(c1ccccc1)C1CCCCC1. The summed E-state index contributed by atoms with van der Waals surface area (Å²) in [7, 11) is 0. The largest absolute Gasteiger partial charge is 0.375 e. The van der Waals surface area contributed by atoms with E-state index in [2.05, 4.69) is 10.2 Å². The summed E-state index contributed by atoms with van der Waals surface area (Å²) in [6.45, 7) is 2.06. The van der Waals surface area contributed by atoms with E-state index in [9.17, 15) is 18.7 Å². The van der Waals surface area contributed by atoms with Gasteiger partial charge in [-0.3, -0.25) is 9.69 Å². The van der Waals surface area contributed by atoms with Crippen LogP contribution in [-0.4, -0.2) is 35.0 Å². The maximum Gasteiger partial charge on any atom is 0.257 e. The van der Waals surface area contributed by atoms with Crippen molar-refractivity contribution in [2.75, 3.05) is 13.1 Å². The van der Waals surface area contributed by atoms with Gasteiger partial charge in [-0.05, 0) is 47.9 Å². The first-order valence-electron chi connectivity index (χ1n) is 11.7. The molecule has 1 saturated heterocycles. The second-order valence-corrected chi connectivity index (χ2v) is 9.77. The predicted octanol–water partition coefficient (Wildman–Crippen LogP) is 3.98. The Labute approximate surface area is 187 Å². The van der Waals surface area contributed by atoms with Gasteiger partial charge >= 0.3 is 0 Å². The third kappa shape index (κ3) is 4.06. The first kappa shape index (κ1) is 21.5. The number of fused-ring (bicyclic) bond motifs is 1. The zero-order valence-electron chi connectivity index (χ0n) is 18.1. The molecule has 2 aliphatic carbocycles. The van der Waals surface area contributed by atoms with Crippen LogP contribution in [-0.2, 0) is 16.9 Å². The molecule has 3 aliphatic rings. The van der Waals surface area contributed by atoms with Gasteiger partial charge < -0.3 is 10.4 Å². The van der Waals surface area contributed by atoms with Crippen LogP contribution in [0.3, 0.4) is 0 Å². The number of nitrogens with zero attached hydrogens (tertiary/aromatic N) is 1. The van der Waals surface area contributed by atoms with Gasteiger partial charge in [0.2, 0.25) is 0 Å². The molecule has 1 amide bonds. The van der Waals surface area contributed by atoms with Gasteiger partial charge in [0.05, 0.1) is 0 Å². The second-order valence-electron chi connectivity index (χ2n) is 9.77. The first-order valence-corrected chi connectivity index (χ1v) is 11.7. The van der Waals surface area contributed by atoms with Crippen molar-refractivity contribution in [3.8, 4) is 0 Å². The lowest BCUT2D eigenvalue weighted by Crippen LogP contribution is -2.51. The Morgan fingerprint density at radius 1 is 1.00 bits per heavy atom. The lowest BCUT2D eigenvalue weighted by molar-refractivity contribution is -0.149. The predicted molar refractivity (Wildman–Crippen MR) is 117 cm³/mol. The summed E-state index contributed by atoms with van der Waals surface area (Å²) in [6.07, 6.45) is 4.94. The van der Waals surface area contributed by atoms with E-state index >= 15 is 0 Å². The Morgan fingerprint density at radius 3 is 2.25 bits per heavy atom. The summed E-state index contributed by atoms with van der Waals surface area (Å²) in [5, 5.41) is 14.9. The van der Waals surface area contributed by atoms with Gasteiger partial charge in [0.1, 0.15) is 11.6 Å². The summed E-state index contributed by atoms with van der Waals surface area (Å²) >= 11 is 0. The molecular formula is C26H30F2N2O2. The molecule has 2 N–H and O–H groups in total. The molecule has 4 nitrogen and oxygen atoms in total. The van der Waals surface area contributed by atoms with Crippen molar-refractivity contribution in [2.45, 2.75) is 50.3 Å². The molecule has 2 aromatic rings. The number of hydrogen-bond acceptors (Lipinski definition) is 3. The molecule has 1 heterocycles. The number of rotatable bonds is 6. The maximum atomic E-state index is 13.5. The highest BCUT2D eigenvalue weighted by molar-refractivity contribution is 5.87. The van der Waals surface area contributed by atoms with Gasteiger partial charge in [0.25, 0.3) is 5.91 Å². The molecule has 1 aliphatic heterocycles. The Balaban J connectivity index is 1.23. The Bertz CT molecular complexity index is 947. The molecule has 6 heteroatoms. The molecule has 32 heavy (non-hydrogen) atoms. The van der Waals surface area contributed by atoms with E-state index in [1.54, 1.807) is 0 Å². The maximum absolute atomic E-state index is 13.5. The summed E-state index contributed by atoms with van der Waals surface area (Å²) in [5.41, 5.74) is -0.206. The van der Waals surface area contributed by atoms with Crippen LogP contribution >= 0.6 is 0 Å². The highest BCUT2D eigenvalue weighted by atomic mass is 19.1. The van der Waals surface area contributed by atoms with Gasteiger partial charge in [0.15, 0.2) is 5.60 Å². The van der Waals surface area contributed by atoms with Gasteiger partial charge in [-0.25, -0.2) is 8.78 Å². The monoisotopic (exact) mass is 440 g/mol. The molecule has 0 radical (unpaired) electrons. The first-order chi connectivity index (χ1) is 15.4. The smallest absolute Gasteiger partial charge is 0.257 e. The number of hydrogen-bond donors (Lipinski definition) is 2. The average Bonchev–Trinajstić information content (AvgIpc) is 3.22. The van der Waals surface area contributed by atoms with Crippen LogP contribution in [0.4, 0.5) is 8.78 Å². The van der Waals surface area contributed by atoms with Gasteiger partial charge in [0, 0.05) is 37.7 Å². The van der Waals surface area contributed by atoms with E-state index in [1.165, 1.54) is 12.1 Å². The number of amides is 1. The quantitative estimate of drug-likeness (QED) is 0.715. The molecule has 2 saturated carbocycles. The molecule has 3 fully saturated rings. The molecule has 0 bridgehead atoms. The topological polar surface area (TPSA) is 52.6 Å². The van der Waals surface area contributed by atoms with Crippen molar-refractivity contribution in [1.29, 1.82) is 0 Å². The number of carbonyl (C=O) groups excluding carboxylic acids is 1. The Morgan fingerprint density at radius 2 is 1.62 bits per heavy atom. The van der Waals surface area contributed by atoms with E-state index in [0.717, 1.165) is 51.3 Å². The lowest BCUT2D eigenvalue weighted by atomic mass is 9.73. The minimum Gasteiger partial charge on any atom is -0.375 e. The van der Waals surface area contributed by atoms with Crippen molar-refractivity contribution >= 4 is 5.91 Å². The van der Waals surface area contributed by atoms with Crippen molar-refractivity contribution in [3.63, 3.8) is 0 Å². The minimum absolute atomic E-state index is 0.0572. The van der Waals surface area contributed by atoms with Gasteiger partial charge in [-0.15, -0.1) is 0 Å². The molecule has 170 valence electrons. The van der Waals surface area contributed by atoms with Crippen molar-refractivity contribution in [2.24, 2.45) is 17.8 Å². The fourth-order valence-electron chi connectivity index (χ4n) is 5.94. The molecule has 2 aromatic carbocycles. The molecule has 0 spiro atoms. The van der Waals surface area contributed by atoms with E-state index in [4.69, 9.17) is 0 Å². The number of halogens is 2. The molecule has 5 rings (SSSR count). The van der Waals surface area contributed by atoms with E-state index in [0.29, 0.717) is 29.5 Å². The number of piperidine rings is 1. The van der Waals surface area contributed by atoms with Gasteiger partial charge in [-0.1, -0.05) is 49.6 Å². The molecule has 3 unspecified atom stereocenters. The zero-order chi connectivity index (χ0) is 22.3. The van der Waals surface area contributed by atoms with Crippen LogP contribution in [0.1, 0.15) is 43.2 Å². The fourth-order valence-corrected chi connectivity index (χ4v) is 5.94. The Kier molecular flexibility index (Phi) is 5.76. The van der Waals surface area contributed by atoms with Crippen molar-refractivity contribution in [1.82, 2.24) is 10.2 Å². The normalized spacial score (nSPS) is 27.5. The number of nitrogens with one attached hydrogen (secondary N) is 1. The van der Waals surface area contributed by atoms with Crippen LogP contribution in [0.2, 0.25) is 0 Å². The molecular weight excluding hydrogens is 410 g/mol. The van der Waals surface area contributed by atoms with Gasteiger partial charge in [-0.2, -0.15) is 0 Å². The summed E-state index contributed by atoms with van der Waals surface area (Å²) in [6, 6.07) is 13.0. The van der Waals surface area contributed by atoms with Crippen LogP contribution in [0.15, 0.2) is 48.5 Å². The van der Waals surface area contributed by atoms with Crippen LogP contribution in [0, 0.1) is 29.4 Å². The van der Waals surface area contributed by atoms with Crippen LogP contribution in [0.25, 0.3) is 0 Å². The number of likely N-dealkylation sites (tertiary alicyclic amines) is 1. The third-order valence-corrected chi connectivity index (χ3v) is 7.65. The fraction of sp³-hybridized carbons (Fsp3) is 0.500.